The van der Waals surface area contributed by atoms with Crippen LogP contribution in [-0.4, -0.2) is 64.1 Å². The molecule has 0 unspecified atom stereocenters. The van der Waals surface area contributed by atoms with Crippen molar-refractivity contribution in [3.63, 3.8) is 0 Å². The van der Waals surface area contributed by atoms with E-state index in [1.165, 1.54) is 31.0 Å². The Labute approximate surface area is 245 Å². The molecule has 0 spiro atoms. The Morgan fingerprint density at radius 3 is 2.14 bits per heavy atom. The minimum atomic E-state index is -4.20. The number of amides is 1. The fraction of sp³-hybridized carbons (Fsp3) is 0.276. The molecule has 4 aromatic rings. The molecule has 1 N–H and O–H groups in total. The molecule has 1 aromatic carbocycles. The maximum Gasteiger partial charge on any atom is 0.289 e. The number of nitrogens with one attached hydrogen (secondary N) is 1. The van der Waals surface area contributed by atoms with E-state index in [2.05, 4.69) is 15.5 Å². The lowest BCUT2D eigenvalue weighted by molar-refractivity contribution is 0.0945. The highest BCUT2D eigenvalue weighted by Gasteiger charge is 2.37. The summed E-state index contributed by atoms with van der Waals surface area (Å²) in [7, 11) is -5.33. The van der Waals surface area contributed by atoms with Crippen LogP contribution in [-0.2, 0) is 19.7 Å². The first-order valence-corrected chi connectivity index (χ1v) is 16.5. The molecule has 13 heteroatoms. The average Bonchev–Trinajstić information content (AvgIpc) is 3.34. The van der Waals surface area contributed by atoms with E-state index in [4.69, 9.17) is 9.47 Å². The quantitative estimate of drug-likeness (QED) is 0.186. The second kappa shape index (κ2) is 12.7. The van der Waals surface area contributed by atoms with Gasteiger partial charge >= 0.3 is 0 Å². The SMILES string of the molecule is CCCS(=O)(=O)c1c(S(=O)(=O)CCC)c2cc(-c3ccncc3)ccn2c1C(=O)N/N=C\c1ccc(OC)c(OC)c1. The number of sulfone groups is 2. The second-order valence-electron chi connectivity index (χ2n) is 9.36. The Morgan fingerprint density at radius 2 is 1.52 bits per heavy atom. The van der Waals surface area contributed by atoms with Crippen LogP contribution in [0.4, 0.5) is 0 Å². The molecule has 4 rings (SSSR count). The Kier molecular flexibility index (Phi) is 9.32. The van der Waals surface area contributed by atoms with Crippen molar-refractivity contribution in [3.8, 4) is 22.6 Å². The number of rotatable bonds is 12. The van der Waals surface area contributed by atoms with E-state index >= 15 is 0 Å². The highest BCUT2D eigenvalue weighted by atomic mass is 32.2. The van der Waals surface area contributed by atoms with Gasteiger partial charge in [0, 0.05) is 18.6 Å². The minimum absolute atomic E-state index is 0.0847. The van der Waals surface area contributed by atoms with E-state index < -0.39 is 30.5 Å². The van der Waals surface area contributed by atoms with Gasteiger partial charge in [-0.25, -0.2) is 22.3 Å². The van der Waals surface area contributed by atoms with E-state index in [0.29, 0.717) is 22.6 Å². The number of nitrogens with zero attached hydrogens (tertiary/aromatic N) is 3. The van der Waals surface area contributed by atoms with Crippen molar-refractivity contribution in [1.29, 1.82) is 0 Å². The molecule has 0 saturated heterocycles. The normalized spacial score (nSPS) is 12.1. The summed E-state index contributed by atoms with van der Waals surface area (Å²) in [5.74, 6) is -0.555. The van der Waals surface area contributed by atoms with Crippen molar-refractivity contribution in [2.75, 3.05) is 25.7 Å². The fourth-order valence-corrected chi connectivity index (χ4v) is 8.59. The van der Waals surface area contributed by atoms with Crippen molar-refractivity contribution < 1.29 is 31.1 Å². The number of hydrogen-bond donors (Lipinski definition) is 1. The molecule has 0 saturated carbocycles. The van der Waals surface area contributed by atoms with Crippen molar-refractivity contribution >= 4 is 37.3 Å². The van der Waals surface area contributed by atoms with Gasteiger partial charge in [-0.15, -0.1) is 0 Å². The van der Waals surface area contributed by atoms with Gasteiger partial charge in [0.25, 0.3) is 5.91 Å². The van der Waals surface area contributed by atoms with Crippen LogP contribution in [0, 0.1) is 0 Å². The molecule has 3 heterocycles. The summed E-state index contributed by atoms with van der Waals surface area (Å²) in [5.41, 5.74) is 4.07. The lowest BCUT2D eigenvalue weighted by Crippen LogP contribution is -2.23. The maximum atomic E-state index is 13.6. The highest BCUT2D eigenvalue weighted by Crippen LogP contribution is 2.36. The molecule has 3 aromatic heterocycles. The van der Waals surface area contributed by atoms with Crippen LogP contribution in [0.1, 0.15) is 42.7 Å². The third-order valence-electron chi connectivity index (χ3n) is 6.43. The van der Waals surface area contributed by atoms with Gasteiger partial charge in [-0.2, -0.15) is 5.10 Å². The number of aromatic nitrogens is 2. The fourth-order valence-electron chi connectivity index (χ4n) is 4.62. The third-order valence-corrected chi connectivity index (χ3v) is 10.5. The summed E-state index contributed by atoms with van der Waals surface area (Å²) in [4.78, 5) is 16.7. The van der Waals surface area contributed by atoms with Gasteiger partial charge < -0.3 is 13.9 Å². The number of hydrazone groups is 1. The van der Waals surface area contributed by atoms with Gasteiger partial charge in [0.2, 0.25) is 0 Å². The van der Waals surface area contributed by atoms with Crippen LogP contribution in [0.15, 0.2) is 75.9 Å². The van der Waals surface area contributed by atoms with Gasteiger partial charge in [-0.05, 0) is 72.0 Å². The standard InChI is InChI=1S/C29H32N4O7S2/c1-5-15-41(35,36)27-23-18-22(21-9-12-30-13-10-21)11-14-33(23)26(28(27)42(37,38)16-6-2)29(34)32-31-19-20-7-8-24(39-3)25(17-20)40-4/h7-14,17-19H,5-6,15-16H2,1-4H3,(H,32,34)/b31-19-. The number of hydrogen-bond acceptors (Lipinski definition) is 9. The van der Waals surface area contributed by atoms with E-state index in [-0.39, 0.29) is 40.5 Å². The highest BCUT2D eigenvalue weighted by molar-refractivity contribution is 7.94. The van der Waals surface area contributed by atoms with Crippen LogP contribution < -0.4 is 14.9 Å². The van der Waals surface area contributed by atoms with Crippen LogP contribution in [0.5, 0.6) is 11.5 Å². The van der Waals surface area contributed by atoms with E-state index in [9.17, 15) is 21.6 Å². The molecule has 0 bridgehead atoms. The summed E-state index contributed by atoms with van der Waals surface area (Å²) < 4.78 is 66.4. The van der Waals surface area contributed by atoms with E-state index in [1.807, 2.05) is 0 Å². The molecule has 1 amide bonds. The third kappa shape index (κ3) is 6.16. The Morgan fingerprint density at radius 1 is 0.881 bits per heavy atom. The topological polar surface area (TPSA) is 146 Å². The molecule has 0 atom stereocenters. The van der Waals surface area contributed by atoms with Crippen molar-refractivity contribution in [2.45, 2.75) is 36.5 Å². The van der Waals surface area contributed by atoms with Crippen molar-refractivity contribution in [1.82, 2.24) is 14.8 Å². The van der Waals surface area contributed by atoms with Crippen LogP contribution in [0.2, 0.25) is 0 Å². The smallest absolute Gasteiger partial charge is 0.289 e. The predicted octanol–water partition coefficient (Wildman–Crippen LogP) is 4.15. The summed E-state index contributed by atoms with van der Waals surface area (Å²) >= 11 is 0. The summed E-state index contributed by atoms with van der Waals surface area (Å²) in [6.07, 6.45) is 6.52. The van der Waals surface area contributed by atoms with Crippen LogP contribution in [0.25, 0.3) is 16.6 Å². The Balaban J connectivity index is 1.92. The number of benzene rings is 1. The van der Waals surface area contributed by atoms with Gasteiger partial charge in [0.15, 0.2) is 31.2 Å². The molecule has 222 valence electrons. The van der Waals surface area contributed by atoms with Gasteiger partial charge in [0.1, 0.15) is 15.5 Å². The zero-order valence-corrected chi connectivity index (χ0v) is 25.3. The molecular weight excluding hydrogens is 580 g/mol. The minimum Gasteiger partial charge on any atom is -0.493 e. The first-order valence-electron chi connectivity index (χ1n) is 13.2. The zero-order chi connectivity index (χ0) is 30.5. The molecule has 0 radical (unpaired) electrons. The second-order valence-corrected chi connectivity index (χ2v) is 13.5. The molecule has 0 fully saturated rings. The average molecular weight is 613 g/mol. The predicted molar refractivity (Wildman–Crippen MR) is 160 cm³/mol. The lowest BCUT2D eigenvalue weighted by Gasteiger charge is -2.09. The number of carbonyl (C=O) groups excluding carboxylic acids is 1. The zero-order valence-electron chi connectivity index (χ0n) is 23.7. The summed E-state index contributed by atoms with van der Waals surface area (Å²) in [6.45, 7) is 3.36. The first-order chi connectivity index (χ1) is 20.1. The Bertz CT molecular complexity index is 1850. The number of carbonyl (C=O) groups is 1. The van der Waals surface area contributed by atoms with Crippen molar-refractivity contribution in [2.24, 2.45) is 5.10 Å². The van der Waals surface area contributed by atoms with Gasteiger partial charge in [0.05, 0.1) is 37.5 Å². The summed E-state index contributed by atoms with van der Waals surface area (Å²) in [5, 5.41) is 4.01. The molecule has 0 aliphatic carbocycles. The van der Waals surface area contributed by atoms with Crippen LogP contribution >= 0.6 is 0 Å². The number of fused-ring (bicyclic) bond motifs is 1. The summed E-state index contributed by atoms with van der Waals surface area (Å²) in [6, 6.07) is 11.8. The molecule has 0 aliphatic rings. The van der Waals surface area contributed by atoms with Crippen molar-refractivity contribution in [3.05, 3.63) is 72.3 Å². The largest absolute Gasteiger partial charge is 0.493 e. The molecular formula is C29H32N4O7S2. The first kappa shape index (κ1) is 30.7. The van der Waals surface area contributed by atoms with E-state index in [1.54, 1.807) is 68.7 Å². The lowest BCUT2D eigenvalue weighted by atomic mass is 10.1. The Hall–Kier alpha value is -4.23. The number of ether oxygens (including phenoxy) is 2. The number of methoxy groups -OCH3 is 2. The van der Waals surface area contributed by atoms with Gasteiger partial charge in [-0.1, -0.05) is 13.8 Å². The molecule has 0 aliphatic heterocycles. The molecule has 42 heavy (non-hydrogen) atoms. The number of pyridine rings is 2. The van der Waals surface area contributed by atoms with Gasteiger partial charge in [-0.3, -0.25) is 9.78 Å². The van der Waals surface area contributed by atoms with E-state index in [0.717, 1.165) is 5.56 Å². The molecule has 11 nitrogen and oxygen atoms in total. The van der Waals surface area contributed by atoms with Crippen LogP contribution in [0.3, 0.4) is 0 Å². The monoisotopic (exact) mass is 612 g/mol. The maximum absolute atomic E-state index is 13.6.